The molecule has 2 aromatic rings. The van der Waals surface area contributed by atoms with E-state index in [1.807, 2.05) is 19.0 Å². The summed E-state index contributed by atoms with van der Waals surface area (Å²) >= 11 is 7.47. The molecule has 0 bridgehead atoms. The van der Waals surface area contributed by atoms with Crippen LogP contribution in [0.4, 0.5) is 15.2 Å². The molecule has 1 aliphatic carbocycles. The molecule has 1 saturated carbocycles. The molecular formula is C17H22ClFN4O2S2. The number of thiazole rings is 1. The molecule has 1 aromatic heterocycles. The van der Waals surface area contributed by atoms with Gasteiger partial charge < -0.3 is 10.2 Å². The molecule has 3 rings (SSSR count). The Kier molecular flexibility index (Phi) is 6.25. The average Bonchev–Trinajstić information content (AvgIpc) is 3.14. The maximum Gasteiger partial charge on any atom is 0.266 e. The molecule has 1 aromatic carbocycles. The quantitative estimate of drug-likeness (QED) is 0.727. The van der Waals surface area contributed by atoms with Crippen LogP contribution in [0.3, 0.4) is 0 Å². The third-order valence-corrected chi connectivity index (χ3v) is 7.40. The molecule has 1 fully saturated rings. The Hall–Kier alpha value is -1.42. The summed E-state index contributed by atoms with van der Waals surface area (Å²) in [6.07, 6.45) is 5.71. The van der Waals surface area contributed by atoms with E-state index in [2.05, 4.69) is 15.0 Å². The Bertz CT molecular complexity index is 893. The predicted octanol–water partition coefficient (Wildman–Crippen LogP) is 3.70. The predicted molar refractivity (Wildman–Crippen MR) is 108 cm³/mol. The SMILES string of the molecule is CN[C@H]1CCCC[C@@H]1N(C)c1cc(F)c(S(=O)(=O)Nc2nccs2)cc1Cl. The molecule has 0 saturated heterocycles. The summed E-state index contributed by atoms with van der Waals surface area (Å²) in [5, 5.41) is 5.30. The van der Waals surface area contributed by atoms with Crippen LogP contribution < -0.4 is 14.9 Å². The van der Waals surface area contributed by atoms with Crippen molar-refractivity contribution in [3.05, 3.63) is 34.5 Å². The van der Waals surface area contributed by atoms with Gasteiger partial charge in [-0.05, 0) is 26.0 Å². The van der Waals surface area contributed by atoms with Gasteiger partial charge in [-0.25, -0.2) is 17.8 Å². The van der Waals surface area contributed by atoms with E-state index >= 15 is 0 Å². The van der Waals surface area contributed by atoms with Crippen molar-refractivity contribution in [2.24, 2.45) is 0 Å². The number of anilines is 2. The average molecular weight is 433 g/mol. The van der Waals surface area contributed by atoms with Crippen LogP contribution in [0.15, 0.2) is 28.6 Å². The number of rotatable bonds is 6. The van der Waals surface area contributed by atoms with Crippen LogP contribution in [-0.4, -0.2) is 39.6 Å². The molecule has 0 unspecified atom stereocenters. The van der Waals surface area contributed by atoms with Crippen LogP contribution in [0.5, 0.6) is 0 Å². The smallest absolute Gasteiger partial charge is 0.266 e. The number of hydrogen-bond acceptors (Lipinski definition) is 6. The van der Waals surface area contributed by atoms with E-state index in [1.54, 1.807) is 5.38 Å². The van der Waals surface area contributed by atoms with Gasteiger partial charge in [0.15, 0.2) is 5.13 Å². The Labute approximate surface area is 167 Å². The van der Waals surface area contributed by atoms with Gasteiger partial charge in [0.1, 0.15) is 10.7 Å². The Morgan fingerprint density at radius 3 is 2.74 bits per heavy atom. The van der Waals surface area contributed by atoms with Crippen LogP contribution in [0.2, 0.25) is 5.02 Å². The fraction of sp³-hybridized carbons (Fsp3) is 0.471. The fourth-order valence-electron chi connectivity index (χ4n) is 3.53. The first kappa shape index (κ1) is 20.3. The summed E-state index contributed by atoms with van der Waals surface area (Å²) in [6.45, 7) is 0. The zero-order valence-corrected chi connectivity index (χ0v) is 17.5. The molecule has 0 amide bonds. The number of benzene rings is 1. The summed E-state index contributed by atoms with van der Waals surface area (Å²) in [5.74, 6) is -0.845. The molecule has 1 heterocycles. The molecule has 0 aliphatic heterocycles. The van der Waals surface area contributed by atoms with Crippen LogP contribution in [0, 0.1) is 5.82 Å². The van der Waals surface area contributed by atoms with Crippen molar-refractivity contribution in [1.29, 1.82) is 0 Å². The van der Waals surface area contributed by atoms with Gasteiger partial charge in [0.05, 0.1) is 10.7 Å². The number of likely N-dealkylation sites (N-methyl/N-ethyl adjacent to an activating group) is 2. The van der Waals surface area contributed by atoms with E-state index < -0.39 is 20.7 Å². The van der Waals surface area contributed by atoms with Gasteiger partial charge in [0, 0.05) is 36.8 Å². The molecule has 2 N–H and O–H groups in total. The summed E-state index contributed by atoms with van der Waals surface area (Å²) in [7, 11) is -0.332. The molecule has 1 aliphatic rings. The highest BCUT2D eigenvalue weighted by Crippen LogP contribution is 2.35. The first-order valence-electron chi connectivity index (χ1n) is 8.65. The van der Waals surface area contributed by atoms with Crippen molar-refractivity contribution < 1.29 is 12.8 Å². The monoisotopic (exact) mass is 432 g/mol. The Morgan fingerprint density at radius 1 is 1.33 bits per heavy atom. The number of nitrogens with one attached hydrogen (secondary N) is 2. The lowest BCUT2D eigenvalue weighted by molar-refractivity contribution is 0.335. The van der Waals surface area contributed by atoms with Crippen molar-refractivity contribution in [3.63, 3.8) is 0 Å². The standard InChI is InChI=1S/C17H22ClFN4O2S2/c1-20-13-5-3-4-6-14(13)23(2)15-10-12(19)16(9-11(15)18)27(24,25)22-17-21-7-8-26-17/h7-10,13-14,20H,3-6H2,1-2H3,(H,21,22)/t13-,14-/m0/s1. The zero-order chi connectivity index (χ0) is 19.6. The molecule has 0 spiro atoms. The molecule has 6 nitrogen and oxygen atoms in total. The van der Waals surface area contributed by atoms with E-state index in [4.69, 9.17) is 11.6 Å². The molecule has 2 atom stereocenters. The first-order chi connectivity index (χ1) is 12.8. The van der Waals surface area contributed by atoms with E-state index in [0.717, 1.165) is 43.1 Å². The van der Waals surface area contributed by atoms with Gasteiger partial charge in [-0.2, -0.15) is 0 Å². The second kappa shape index (κ2) is 8.30. The summed E-state index contributed by atoms with van der Waals surface area (Å²) < 4.78 is 42.0. The van der Waals surface area contributed by atoms with E-state index in [9.17, 15) is 12.8 Å². The van der Waals surface area contributed by atoms with Gasteiger partial charge in [-0.1, -0.05) is 24.4 Å². The van der Waals surface area contributed by atoms with Gasteiger partial charge in [-0.15, -0.1) is 11.3 Å². The van der Waals surface area contributed by atoms with Crippen molar-refractivity contribution in [3.8, 4) is 0 Å². The van der Waals surface area contributed by atoms with Gasteiger partial charge in [0.2, 0.25) is 0 Å². The highest BCUT2D eigenvalue weighted by molar-refractivity contribution is 7.93. The zero-order valence-electron chi connectivity index (χ0n) is 15.1. The van der Waals surface area contributed by atoms with Crippen molar-refractivity contribution in [2.45, 2.75) is 42.7 Å². The number of sulfonamides is 1. The Balaban J connectivity index is 1.90. The molecule has 0 radical (unpaired) electrons. The topological polar surface area (TPSA) is 74.3 Å². The van der Waals surface area contributed by atoms with Crippen LogP contribution >= 0.6 is 22.9 Å². The maximum absolute atomic E-state index is 14.7. The third-order valence-electron chi connectivity index (χ3n) is 4.92. The lowest BCUT2D eigenvalue weighted by atomic mass is 9.89. The number of aromatic nitrogens is 1. The molecule has 10 heteroatoms. The summed E-state index contributed by atoms with van der Waals surface area (Å²) in [6, 6.07) is 2.80. The number of halogens is 2. The molecule has 148 valence electrons. The van der Waals surface area contributed by atoms with Crippen LogP contribution in [0.1, 0.15) is 25.7 Å². The fourth-order valence-corrected chi connectivity index (χ4v) is 5.77. The summed E-state index contributed by atoms with van der Waals surface area (Å²) in [4.78, 5) is 5.31. The summed E-state index contributed by atoms with van der Waals surface area (Å²) in [5.41, 5.74) is 0.481. The second-order valence-electron chi connectivity index (χ2n) is 6.53. The van der Waals surface area contributed by atoms with Gasteiger partial charge >= 0.3 is 0 Å². The highest BCUT2D eigenvalue weighted by Gasteiger charge is 2.30. The minimum absolute atomic E-state index is 0.163. The number of nitrogens with zero attached hydrogens (tertiary/aromatic N) is 2. The van der Waals surface area contributed by atoms with Crippen LogP contribution in [-0.2, 0) is 10.0 Å². The minimum atomic E-state index is -4.11. The molecular weight excluding hydrogens is 411 g/mol. The van der Waals surface area contributed by atoms with E-state index in [0.29, 0.717) is 5.69 Å². The molecule has 27 heavy (non-hydrogen) atoms. The lowest BCUT2D eigenvalue weighted by Crippen LogP contribution is -2.49. The third kappa shape index (κ3) is 4.37. The maximum atomic E-state index is 14.7. The van der Waals surface area contributed by atoms with E-state index in [-0.39, 0.29) is 22.2 Å². The highest BCUT2D eigenvalue weighted by atomic mass is 35.5. The lowest BCUT2D eigenvalue weighted by Gasteiger charge is -2.39. The van der Waals surface area contributed by atoms with Crippen molar-refractivity contribution in [2.75, 3.05) is 23.7 Å². The minimum Gasteiger partial charge on any atom is -0.369 e. The van der Waals surface area contributed by atoms with Crippen molar-refractivity contribution in [1.82, 2.24) is 10.3 Å². The largest absolute Gasteiger partial charge is 0.369 e. The first-order valence-corrected chi connectivity index (χ1v) is 11.4. The number of hydrogen-bond donors (Lipinski definition) is 2. The van der Waals surface area contributed by atoms with Gasteiger partial charge in [0.25, 0.3) is 10.0 Å². The van der Waals surface area contributed by atoms with Gasteiger partial charge in [-0.3, -0.25) is 4.72 Å². The Morgan fingerprint density at radius 2 is 2.07 bits per heavy atom. The van der Waals surface area contributed by atoms with Crippen molar-refractivity contribution >= 4 is 43.8 Å². The second-order valence-corrected chi connectivity index (χ2v) is 9.49. The van der Waals surface area contributed by atoms with Crippen LogP contribution in [0.25, 0.3) is 0 Å². The normalized spacial score (nSPS) is 20.4. The van der Waals surface area contributed by atoms with E-state index in [1.165, 1.54) is 12.3 Å².